The van der Waals surface area contributed by atoms with Crippen molar-refractivity contribution in [3.05, 3.63) is 45.9 Å². The molecule has 0 saturated carbocycles. The van der Waals surface area contributed by atoms with E-state index in [1.807, 2.05) is 0 Å². The highest BCUT2D eigenvalue weighted by Gasteiger charge is 2.17. The van der Waals surface area contributed by atoms with Gasteiger partial charge in [-0.15, -0.1) is 0 Å². The molecule has 2 N–H and O–H groups in total. The molecule has 2 aromatic rings. The van der Waals surface area contributed by atoms with Gasteiger partial charge in [0.1, 0.15) is 17.3 Å². The zero-order chi connectivity index (χ0) is 12.6. The number of benzene rings is 1. The number of hydrogen-bond donors (Lipinski definition) is 1. The largest absolute Gasteiger partial charge is 0.382 e. The Morgan fingerprint density at radius 1 is 1.53 bits per heavy atom. The van der Waals surface area contributed by atoms with E-state index in [0.717, 1.165) is 18.2 Å². The highest BCUT2D eigenvalue weighted by atomic mass is 19.1. The molecule has 0 fully saturated rings. The van der Waals surface area contributed by atoms with Gasteiger partial charge in [0.05, 0.1) is 4.92 Å². The molecule has 7 heteroatoms. The summed E-state index contributed by atoms with van der Waals surface area (Å²) in [6.07, 6.45) is 1.51. The lowest BCUT2D eigenvalue weighted by molar-refractivity contribution is -0.384. The third-order valence-electron chi connectivity index (χ3n) is 2.32. The molecule has 1 heterocycles. The van der Waals surface area contributed by atoms with Gasteiger partial charge in [0.2, 0.25) is 0 Å². The first-order valence-corrected chi connectivity index (χ1v) is 4.75. The van der Waals surface area contributed by atoms with Gasteiger partial charge in [-0.25, -0.2) is 9.07 Å². The summed E-state index contributed by atoms with van der Waals surface area (Å²) >= 11 is 0. The zero-order valence-electron chi connectivity index (χ0n) is 8.92. The third kappa shape index (κ3) is 1.94. The van der Waals surface area contributed by atoms with E-state index in [9.17, 15) is 14.5 Å². The lowest BCUT2D eigenvalue weighted by atomic mass is 10.2. The maximum absolute atomic E-state index is 13.1. The van der Waals surface area contributed by atoms with E-state index in [2.05, 4.69) is 5.10 Å². The molecule has 0 atom stereocenters. The Balaban J connectivity index is 2.64. The Morgan fingerprint density at radius 2 is 2.24 bits per heavy atom. The van der Waals surface area contributed by atoms with Crippen LogP contribution in [0.3, 0.4) is 0 Å². The quantitative estimate of drug-likeness (QED) is 0.636. The van der Waals surface area contributed by atoms with Crippen LogP contribution in [0.1, 0.15) is 5.56 Å². The average Bonchev–Trinajstić information content (AvgIpc) is 2.58. The standard InChI is InChI=1S/C10H9FN4O2/c1-6-5-14(13-10(6)12)9-4-7(11)2-3-8(9)15(16)17/h2-5H,1H3,(H2,12,13). The van der Waals surface area contributed by atoms with Crippen molar-refractivity contribution in [3.63, 3.8) is 0 Å². The molecule has 0 bridgehead atoms. The molecule has 0 saturated heterocycles. The number of nitrogens with two attached hydrogens (primary N) is 1. The molecule has 88 valence electrons. The fraction of sp³-hybridized carbons (Fsp3) is 0.100. The second-order valence-corrected chi connectivity index (χ2v) is 3.53. The first-order chi connectivity index (χ1) is 7.99. The first-order valence-electron chi connectivity index (χ1n) is 4.75. The lowest BCUT2D eigenvalue weighted by Gasteiger charge is -2.02. The first kappa shape index (κ1) is 11.1. The van der Waals surface area contributed by atoms with Crippen molar-refractivity contribution in [1.82, 2.24) is 9.78 Å². The van der Waals surface area contributed by atoms with Gasteiger partial charge in [0.15, 0.2) is 0 Å². The molecule has 1 aromatic carbocycles. The van der Waals surface area contributed by atoms with Gasteiger partial charge in [-0.3, -0.25) is 10.1 Å². The van der Waals surface area contributed by atoms with Gasteiger partial charge in [-0.2, -0.15) is 5.10 Å². The van der Waals surface area contributed by atoms with E-state index in [4.69, 9.17) is 5.73 Å². The van der Waals surface area contributed by atoms with Crippen LogP contribution < -0.4 is 5.73 Å². The van der Waals surface area contributed by atoms with Gasteiger partial charge in [-0.05, 0) is 13.0 Å². The molecule has 17 heavy (non-hydrogen) atoms. The van der Waals surface area contributed by atoms with Crippen LogP contribution >= 0.6 is 0 Å². The van der Waals surface area contributed by atoms with Crippen molar-refractivity contribution < 1.29 is 9.31 Å². The fourth-order valence-electron chi connectivity index (χ4n) is 1.43. The number of rotatable bonds is 2. The van der Waals surface area contributed by atoms with Gasteiger partial charge >= 0.3 is 0 Å². The van der Waals surface area contributed by atoms with Crippen LogP contribution in [-0.2, 0) is 0 Å². The van der Waals surface area contributed by atoms with Gasteiger partial charge in [0, 0.05) is 23.9 Å². The van der Waals surface area contributed by atoms with Crippen LogP contribution in [0.5, 0.6) is 0 Å². The number of aromatic nitrogens is 2. The van der Waals surface area contributed by atoms with Crippen LogP contribution in [-0.4, -0.2) is 14.7 Å². The molecule has 1 aromatic heterocycles. The SMILES string of the molecule is Cc1cn(-c2cc(F)ccc2[N+](=O)[O-])nc1N. The maximum Gasteiger partial charge on any atom is 0.295 e. The number of aryl methyl sites for hydroxylation is 1. The summed E-state index contributed by atoms with van der Waals surface area (Å²) in [5, 5.41) is 14.7. The Labute approximate surface area is 95.6 Å². The molecule has 6 nitrogen and oxygen atoms in total. The van der Waals surface area contributed by atoms with Gasteiger partial charge in [0.25, 0.3) is 5.69 Å². The summed E-state index contributed by atoms with van der Waals surface area (Å²) in [6, 6.07) is 3.17. The molecule has 0 amide bonds. The number of nitro benzene ring substituents is 1. The highest BCUT2D eigenvalue weighted by Crippen LogP contribution is 2.24. The van der Waals surface area contributed by atoms with Crippen molar-refractivity contribution in [3.8, 4) is 5.69 Å². The second kappa shape index (κ2) is 3.85. The van der Waals surface area contributed by atoms with E-state index in [1.54, 1.807) is 6.92 Å². The molecule has 0 aliphatic heterocycles. The van der Waals surface area contributed by atoms with E-state index in [0.29, 0.717) is 5.56 Å². The number of nitro groups is 1. The second-order valence-electron chi connectivity index (χ2n) is 3.53. The lowest BCUT2D eigenvalue weighted by Crippen LogP contribution is -2.02. The molecule has 2 rings (SSSR count). The Kier molecular flexibility index (Phi) is 2.51. The predicted molar refractivity (Wildman–Crippen MR) is 59.3 cm³/mol. The van der Waals surface area contributed by atoms with Crippen LogP contribution in [0, 0.1) is 22.9 Å². The van der Waals surface area contributed by atoms with Crippen LogP contribution in [0.15, 0.2) is 24.4 Å². The van der Waals surface area contributed by atoms with Crippen molar-refractivity contribution >= 4 is 11.5 Å². The predicted octanol–water partition coefficient (Wildman–Crippen LogP) is 1.81. The molecule has 0 spiro atoms. The van der Waals surface area contributed by atoms with Gasteiger partial charge in [-0.1, -0.05) is 0 Å². The van der Waals surface area contributed by atoms with Crippen molar-refractivity contribution in [2.75, 3.05) is 5.73 Å². The number of hydrogen-bond acceptors (Lipinski definition) is 4. The number of halogens is 1. The van der Waals surface area contributed by atoms with E-state index >= 15 is 0 Å². The zero-order valence-corrected chi connectivity index (χ0v) is 8.92. The van der Waals surface area contributed by atoms with Crippen LogP contribution in [0.25, 0.3) is 5.69 Å². The molecular weight excluding hydrogens is 227 g/mol. The molecule has 0 aliphatic carbocycles. The fourth-order valence-corrected chi connectivity index (χ4v) is 1.43. The highest BCUT2D eigenvalue weighted by molar-refractivity contribution is 5.53. The Bertz CT molecular complexity index is 574. The number of nitrogen functional groups attached to an aromatic ring is 1. The van der Waals surface area contributed by atoms with Crippen LogP contribution in [0.2, 0.25) is 0 Å². The van der Waals surface area contributed by atoms with Crippen LogP contribution in [0.4, 0.5) is 15.9 Å². The maximum atomic E-state index is 13.1. The summed E-state index contributed by atoms with van der Waals surface area (Å²) in [6.45, 7) is 1.71. The minimum Gasteiger partial charge on any atom is -0.382 e. The summed E-state index contributed by atoms with van der Waals surface area (Å²) in [7, 11) is 0. The van der Waals surface area contributed by atoms with Gasteiger partial charge < -0.3 is 5.73 Å². The monoisotopic (exact) mass is 236 g/mol. The van der Waals surface area contributed by atoms with E-state index in [-0.39, 0.29) is 17.2 Å². The Hall–Kier alpha value is -2.44. The summed E-state index contributed by atoms with van der Waals surface area (Å²) in [5.74, 6) is -0.319. The minimum absolute atomic E-state index is 0.0507. The topological polar surface area (TPSA) is 87.0 Å². The molecule has 0 radical (unpaired) electrons. The van der Waals surface area contributed by atoms with Crippen molar-refractivity contribution in [1.29, 1.82) is 0 Å². The third-order valence-corrected chi connectivity index (χ3v) is 2.32. The normalized spacial score (nSPS) is 10.5. The van der Waals surface area contributed by atoms with E-state index in [1.165, 1.54) is 10.9 Å². The summed E-state index contributed by atoms with van der Waals surface area (Å²) in [5.41, 5.74) is 6.04. The van der Waals surface area contributed by atoms with Crippen molar-refractivity contribution in [2.24, 2.45) is 0 Å². The Morgan fingerprint density at radius 3 is 2.76 bits per heavy atom. The smallest absolute Gasteiger partial charge is 0.295 e. The summed E-state index contributed by atoms with van der Waals surface area (Å²) < 4.78 is 14.3. The number of anilines is 1. The molecule has 0 aliphatic rings. The minimum atomic E-state index is -0.595. The molecular formula is C10H9FN4O2. The van der Waals surface area contributed by atoms with E-state index < -0.39 is 10.7 Å². The van der Waals surface area contributed by atoms with Crippen molar-refractivity contribution in [2.45, 2.75) is 6.92 Å². The number of nitrogens with zero attached hydrogens (tertiary/aromatic N) is 3. The average molecular weight is 236 g/mol. The molecule has 0 unspecified atom stereocenters. The summed E-state index contributed by atoms with van der Waals surface area (Å²) in [4.78, 5) is 10.2.